The van der Waals surface area contributed by atoms with Crippen LogP contribution in [0.4, 0.5) is 0 Å². The summed E-state index contributed by atoms with van der Waals surface area (Å²) in [6.07, 6.45) is 0.582. The Hall–Kier alpha value is -0.420. The molecule has 0 amide bonds. The van der Waals surface area contributed by atoms with Crippen molar-refractivity contribution in [2.45, 2.75) is 38.2 Å². The predicted molar refractivity (Wildman–Crippen MR) is 80.3 cm³/mol. The maximum Gasteiger partial charge on any atom is 0.0598 e. The minimum absolute atomic E-state index is 0.0986. The summed E-state index contributed by atoms with van der Waals surface area (Å²) in [4.78, 5) is 0. The van der Waals surface area contributed by atoms with Gasteiger partial charge in [-0.05, 0) is 44.9 Å². The summed E-state index contributed by atoms with van der Waals surface area (Å²) in [5.74, 6) is 0. The van der Waals surface area contributed by atoms with Crippen LogP contribution in [-0.2, 0) is 10.2 Å². The number of rotatable bonds is 6. The molecule has 0 atom stereocenters. The minimum atomic E-state index is -0.647. The monoisotopic (exact) mass is 330 g/mol. The van der Waals surface area contributed by atoms with E-state index < -0.39 is 5.41 Å². The Morgan fingerprint density at radius 3 is 2.00 bits per heavy atom. The summed E-state index contributed by atoms with van der Waals surface area (Å²) >= 11 is 3.39. The van der Waals surface area contributed by atoms with E-state index in [1.807, 2.05) is 45.0 Å². The fourth-order valence-corrected chi connectivity index (χ4v) is 2.16. The van der Waals surface area contributed by atoms with E-state index in [2.05, 4.69) is 15.9 Å². The molecule has 0 heterocycles. The summed E-state index contributed by atoms with van der Waals surface area (Å²) < 4.78 is 6.68. The number of ether oxygens (including phenoxy) is 1. The molecule has 2 N–H and O–H groups in total. The first-order chi connectivity index (χ1) is 8.83. The lowest BCUT2D eigenvalue weighted by Crippen LogP contribution is -2.37. The fourth-order valence-electron chi connectivity index (χ4n) is 1.89. The molecular weight excluding hydrogens is 308 g/mol. The highest BCUT2D eigenvalue weighted by Gasteiger charge is 2.31. The normalized spacial score (nSPS) is 12.7. The van der Waals surface area contributed by atoms with Gasteiger partial charge in [0.15, 0.2) is 0 Å². The van der Waals surface area contributed by atoms with Crippen LogP contribution in [0.15, 0.2) is 28.7 Å². The van der Waals surface area contributed by atoms with Crippen molar-refractivity contribution in [3.63, 3.8) is 0 Å². The Morgan fingerprint density at radius 1 is 1.05 bits per heavy atom. The molecule has 0 radical (unpaired) electrons. The summed E-state index contributed by atoms with van der Waals surface area (Å²) in [6.45, 7) is 6.28. The number of aliphatic hydroxyl groups is 2. The van der Waals surface area contributed by atoms with Gasteiger partial charge in [-0.3, -0.25) is 0 Å². The van der Waals surface area contributed by atoms with Gasteiger partial charge in [0.05, 0.1) is 18.8 Å². The van der Waals surface area contributed by atoms with E-state index in [-0.39, 0.29) is 18.8 Å². The number of hydrogen-bond donors (Lipinski definition) is 2. The molecule has 108 valence electrons. The molecule has 1 aromatic rings. The predicted octanol–water partition coefficient (Wildman–Crippen LogP) is 2.88. The fraction of sp³-hybridized carbons (Fsp3) is 0.600. The zero-order valence-corrected chi connectivity index (χ0v) is 13.4. The van der Waals surface area contributed by atoms with Crippen molar-refractivity contribution in [3.8, 4) is 0 Å². The second-order valence-corrected chi connectivity index (χ2v) is 6.73. The maximum absolute atomic E-state index is 9.70. The zero-order chi connectivity index (χ0) is 14.5. The number of aliphatic hydroxyl groups excluding tert-OH is 2. The van der Waals surface area contributed by atoms with E-state index in [0.29, 0.717) is 13.0 Å². The van der Waals surface area contributed by atoms with Gasteiger partial charge < -0.3 is 14.9 Å². The largest absolute Gasteiger partial charge is 0.395 e. The van der Waals surface area contributed by atoms with Crippen LogP contribution in [0.25, 0.3) is 0 Å². The SMILES string of the molecule is CC(C)(C)OCCC(CO)(CO)c1ccc(Br)cc1. The summed E-state index contributed by atoms with van der Waals surface area (Å²) in [5, 5.41) is 19.4. The van der Waals surface area contributed by atoms with E-state index in [4.69, 9.17) is 4.74 Å². The first-order valence-corrected chi connectivity index (χ1v) is 7.24. The van der Waals surface area contributed by atoms with Crippen LogP contribution in [0, 0.1) is 0 Å². The molecule has 0 aliphatic heterocycles. The van der Waals surface area contributed by atoms with Crippen molar-refractivity contribution in [1.29, 1.82) is 0 Å². The van der Waals surface area contributed by atoms with Gasteiger partial charge in [0.1, 0.15) is 0 Å². The third-order valence-electron chi connectivity index (χ3n) is 3.18. The highest BCUT2D eigenvalue weighted by molar-refractivity contribution is 9.10. The molecule has 19 heavy (non-hydrogen) atoms. The van der Waals surface area contributed by atoms with Gasteiger partial charge in [-0.1, -0.05) is 28.1 Å². The van der Waals surface area contributed by atoms with E-state index in [9.17, 15) is 10.2 Å². The number of halogens is 1. The van der Waals surface area contributed by atoms with E-state index >= 15 is 0 Å². The summed E-state index contributed by atoms with van der Waals surface area (Å²) in [6, 6.07) is 7.68. The van der Waals surface area contributed by atoms with Crippen molar-refractivity contribution in [2.75, 3.05) is 19.8 Å². The molecule has 0 aliphatic rings. The molecule has 0 bridgehead atoms. The highest BCUT2D eigenvalue weighted by atomic mass is 79.9. The van der Waals surface area contributed by atoms with E-state index in [0.717, 1.165) is 10.0 Å². The van der Waals surface area contributed by atoms with Crippen LogP contribution in [-0.4, -0.2) is 35.6 Å². The van der Waals surface area contributed by atoms with Crippen LogP contribution in [0.1, 0.15) is 32.8 Å². The third-order valence-corrected chi connectivity index (χ3v) is 3.71. The molecule has 0 saturated carbocycles. The van der Waals surface area contributed by atoms with E-state index in [1.165, 1.54) is 0 Å². The lowest BCUT2D eigenvalue weighted by Gasteiger charge is -2.32. The molecule has 0 unspecified atom stereocenters. The second-order valence-electron chi connectivity index (χ2n) is 5.81. The van der Waals surface area contributed by atoms with Crippen LogP contribution in [0.2, 0.25) is 0 Å². The second kappa shape index (κ2) is 6.84. The third kappa shape index (κ3) is 4.88. The van der Waals surface area contributed by atoms with Crippen LogP contribution >= 0.6 is 15.9 Å². The molecular formula is C15H23BrO3. The Kier molecular flexibility index (Phi) is 5.99. The van der Waals surface area contributed by atoms with Gasteiger partial charge in [-0.2, -0.15) is 0 Å². The Balaban J connectivity index is 2.82. The Bertz CT molecular complexity index is 377. The van der Waals surface area contributed by atoms with Crippen molar-refractivity contribution in [2.24, 2.45) is 0 Å². The molecule has 0 aliphatic carbocycles. The first kappa shape index (κ1) is 16.6. The van der Waals surface area contributed by atoms with Gasteiger partial charge in [-0.25, -0.2) is 0 Å². The topological polar surface area (TPSA) is 49.7 Å². The van der Waals surface area contributed by atoms with Gasteiger partial charge in [-0.15, -0.1) is 0 Å². The Morgan fingerprint density at radius 2 is 1.58 bits per heavy atom. The number of hydrogen-bond acceptors (Lipinski definition) is 3. The van der Waals surface area contributed by atoms with Gasteiger partial charge in [0.2, 0.25) is 0 Å². The lowest BCUT2D eigenvalue weighted by molar-refractivity contribution is -0.0218. The van der Waals surface area contributed by atoms with Crippen molar-refractivity contribution >= 4 is 15.9 Å². The van der Waals surface area contributed by atoms with Crippen LogP contribution in [0.3, 0.4) is 0 Å². The van der Waals surface area contributed by atoms with Crippen molar-refractivity contribution < 1.29 is 14.9 Å². The van der Waals surface area contributed by atoms with Crippen molar-refractivity contribution in [1.82, 2.24) is 0 Å². The molecule has 3 nitrogen and oxygen atoms in total. The molecule has 0 spiro atoms. The molecule has 0 fully saturated rings. The first-order valence-electron chi connectivity index (χ1n) is 6.45. The average molecular weight is 331 g/mol. The quantitative estimate of drug-likeness (QED) is 0.843. The van der Waals surface area contributed by atoms with Crippen LogP contribution < -0.4 is 0 Å². The summed E-state index contributed by atoms with van der Waals surface area (Å²) in [5.41, 5.74) is 0.0701. The van der Waals surface area contributed by atoms with Gasteiger partial charge in [0, 0.05) is 16.5 Å². The molecule has 0 aromatic heterocycles. The molecule has 1 aromatic carbocycles. The highest BCUT2D eigenvalue weighted by Crippen LogP contribution is 2.29. The smallest absolute Gasteiger partial charge is 0.0598 e. The average Bonchev–Trinajstić information content (AvgIpc) is 2.35. The summed E-state index contributed by atoms with van der Waals surface area (Å²) in [7, 11) is 0. The maximum atomic E-state index is 9.70. The lowest BCUT2D eigenvalue weighted by atomic mass is 9.79. The van der Waals surface area contributed by atoms with Gasteiger partial charge >= 0.3 is 0 Å². The molecule has 0 saturated heterocycles. The minimum Gasteiger partial charge on any atom is -0.395 e. The van der Waals surface area contributed by atoms with E-state index in [1.54, 1.807) is 0 Å². The molecule has 4 heteroatoms. The molecule has 1 rings (SSSR count). The Labute approximate surface area is 123 Å². The van der Waals surface area contributed by atoms with Crippen molar-refractivity contribution in [3.05, 3.63) is 34.3 Å². The standard InChI is InChI=1S/C15H23BrO3/c1-14(2,3)19-9-8-15(10-17,11-18)12-4-6-13(16)7-5-12/h4-7,17-18H,8-11H2,1-3H3. The van der Waals surface area contributed by atoms with Gasteiger partial charge in [0.25, 0.3) is 0 Å². The van der Waals surface area contributed by atoms with Crippen LogP contribution in [0.5, 0.6) is 0 Å². The number of benzene rings is 1. The zero-order valence-electron chi connectivity index (χ0n) is 11.8.